The Balaban J connectivity index is 1.75. The summed E-state index contributed by atoms with van der Waals surface area (Å²) in [5, 5.41) is 0. The van der Waals surface area contributed by atoms with Crippen molar-refractivity contribution in [1.82, 2.24) is 4.90 Å². The van der Waals surface area contributed by atoms with Gasteiger partial charge in [-0.1, -0.05) is 18.2 Å². The van der Waals surface area contributed by atoms with Crippen LogP contribution in [-0.2, 0) is 0 Å². The van der Waals surface area contributed by atoms with Crippen LogP contribution >= 0.6 is 0 Å². The van der Waals surface area contributed by atoms with Crippen LogP contribution in [0.25, 0.3) is 0 Å². The Morgan fingerprint density at radius 3 is 2.53 bits per heavy atom. The van der Waals surface area contributed by atoms with E-state index in [9.17, 15) is 0 Å². The van der Waals surface area contributed by atoms with Crippen molar-refractivity contribution in [2.75, 3.05) is 26.7 Å². The van der Waals surface area contributed by atoms with Crippen LogP contribution in [-0.4, -0.2) is 37.2 Å². The molecular weight excluding hydrogens is 212 g/mol. The quantitative estimate of drug-likeness (QED) is 0.864. The number of nitrogens with two attached hydrogens (primary N) is 1. The molecule has 1 aliphatic heterocycles. The number of hydrogen-bond donors (Lipinski definition) is 1. The number of rotatable bonds is 4. The molecule has 1 fully saturated rings. The van der Waals surface area contributed by atoms with Gasteiger partial charge >= 0.3 is 0 Å². The molecule has 1 aromatic carbocycles. The first-order valence-electron chi connectivity index (χ1n) is 6.33. The largest absolute Gasteiger partial charge is 0.494 e. The highest BCUT2D eigenvalue weighted by Gasteiger charge is 2.29. The smallest absolute Gasteiger partial charge is 0.119 e. The van der Waals surface area contributed by atoms with Gasteiger partial charge in [-0.05, 0) is 51.5 Å². The highest BCUT2D eigenvalue weighted by molar-refractivity contribution is 5.20. The molecule has 3 heteroatoms. The summed E-state index contributed by atoms with van der Waals surface area (Å²) in [5.74, 6) is 0.934. The van der Waals surface area contributed by atoms with Crippen molar-refractivity contribution in [3.05, 3.63) is 30.3 Å². The fourth-order valence-corrected chi connectivity index (χ4v) is 2.20. The molecule has 0 aromatic heterocycles. The van der Waals surface area contributed by atoms with Crippen LogP contribution in [0.4, 0.5) is 0 Å². The highest BCUT2D eigenvalue weighted by atomic mass is 16.5. The maximum absolute atomic E-state index is 6.38. The van der Waals surface area contributed by atoms with E-state index >= 15 is 0 Å². The molecule has 0 unspecified atom stereocenters. The summed E-state index contributed by atoms with van der Waals surface area (Å²) in [6.45, 7) is 2.91. The molecule has 0 bridgehead atoms. The van der Waals surface area contributed by atoms with Crippen LogP contribution < -0.4 is 10.5 Å². The zero-order chi connectivity index (χ0) is 12.1. The number of benzene rings is 1. The Bertz CT molecular complexity index is 331. The van der Waals surface area contributed by atoms with E-state index in [4.69, 9.17) is 10.5 Å². The van der Waals surface area contributed by atoms with Crippen LogP contribution in [0.5, 0.6) is 5.75 Å². The van der Waals surface area contributed by atoms with E-state index in [0.29, 0.717) is 6.61 Å². The maximum atomic E-state index is 6.38. The van der Waals surface area contributed by atoms with E-state index in [2.05, 4.69) is 11.9 Å². The predicted molar refractivity (Wildman–Crippen MR) is 70.2 cm³/mol. The van der Waals surface area contributed by atoms with Crippen LogP contribution in [0.1, 0.15) is 19.3 Å². The van der Waals surface area contributed by atoms with E-state index in [1.807, 2.05) is 30.3 Å². The Kier molecular flexibility index (Phi) is 4.02. The highest BCUT2D eigenvalue weighted by Crippen LogP contribution is 2.22. The molecule has 0 spiro atoms. The van der Waals surface area contributed by atoms with Crippen molar-refractivity contribution in [2.45, 2.75) is 24.8 Å². The minimum absolute atomic E-state index is 0.0265. The minimum atomic E-state index is -0.0265. The van der Waals surface area contributed by atoms with E-state index in [1.54, 1.807) is 0 Å². The second-order valence-electron chi connectivity index (χ2n) is 5.08. The normalized spacial score (nSPS) is 20.1. The van der Waals surface area contributed by atoms with Gasteiger partial charge in [0, 0.05) is 5.54 Å². The minimum Gasteiger partial charge on any atom is -0.494 e. The van der Waals surface area contributed by atoms with E-state index in [0.717, 1.165) is 38.1 Å². The summed E-state index contributed by atoms with van der Waals surface area (Å²) < 4.78 is 5.71. The molecular formula is C14H22N2O. The third-order valence-electron chi connectivity index (χ3n) is 3.59. The second kappa shape index (κ2) is 5.52. The fraction of sp³-hybridized carbons (Fsp3) is 0.571. The van der Waals surface area contributed by atoms with Gasteiger partial charge in [-0.15, -0.1) is 0 Å². The predicted octanol–water partition coefficient (Wildman–Crippen LogP) is 1.88. The summed E-state index contributed by atoms with van der Waals surface area (Å²) in [5.41, 5.74) is 6.35. The first-order chi connectivity index (χ1) is 8.18. The summed E-state index contributed by atoms with van der Waals surface area (Å²) in [4.78, 5) is 2.34. The molecule has 1 heterocycles. The van der Waals surface area contributed by atoms with Crippen molar-refractivity contribution in [3.8, 4) is 5.75 Å². The number of likely N-dealkylation sites (tertiary alicyclic amines) is 1. The zero-order valence-electron chi connectivity index (χ0n) is 10.6. The van der Waals surface area contributed by atoms with Gasteiger partial charge in [0.2, 0.25) is 0 Å². The molecule has 94 valence electrons. The first kappa shape index (κ1) is 12.4. The number of piperidine rings is 1. The van der Waals surface area contributed by atoms with Crippen molar-refractivity contribution < 1.29 is 4.74 Å². The fourth-order valence-electron chi connectivity index (χ4n) is 2.20. The molecule has 0 radical (unpaired) electrons. The third kappa shape index (κ3) is 3.72. The lowest BCUT2D eigenvalue weighted by atomic mass is 9.86. The Morgan fingerprint density at radius 2 is 1.88 bits per heavy atom. The van der Waals surface area contributed by atoms with Gasteiger partial charge in [0.1, 0.15) is 5.75 Å². The lowest BCUT2D eigenvalue weighted by molar-refractivity contribution is 0.159. The van der Waals surface area contributed by atoms with Crippen LogP contribution in [0.3, 0.4) is 0 Å². The molecule has 2 rings (SSSR count). The molecule has 17 heavy (non-hydrogen) atoms. The van der Waals surface area contributed by atoms with E-state index < -0.39 is 0 Å². The topological polar surface area (TPSA) is 38.5 Å². The number of para-hydroxylation sites is 1. The molecule has 1 aromatic rings. The summed E-state index contributed by atoms with van der Waals surface area (Å²) in [6.07, 6.45) is 3.08. The summed E-state index contributed by atoms with van der Waals surface area (Å²) >= 11 is 0. The Morgan fingerprint density at radius 1 is 1.24 bits per heavy atom. The number of ether oxygens (including phenoxy) is 1. The maximum Gasteiger partial charge on any atom is 0.119 e. The number of hydrogen-bond acceptors (Lipinski definition) is 3. The molecule has 2 N–H and O–H groups in total. The summed E-state index contributed by atoms with van der Waals surface area (Å²) in [7, 11) is 2.15. The van der Waals surface area contributed by atoms with Gasteiger partial charge in [-0.25, -0.2) is 0 Å². The molecule has 1 aliphatic rings. The molecule has 0 amide bonds. The summed E-state index contributed by atoms with van der Waals surface area (Å²) in [6, 6.07) is 9.94. The zero-order valence-corrected chi connectivity index (χ0v) is 10.6. The lowest BCUT2D eigenvalue weighted by Crippen LogP contribution is -2.50. The lowest BCUT2D eigenvalue weighted by Gasteiger charge is -2.37. The standard InChI is InChI=1S/C14H22N2O/c1-16-10-7-14(15,8-11-16)9-12-17-13-5-3-2-4-6-13/h2-6H,7-12,15H2,1H3. The van der Waals surface area contributed by atoms with E-state index in [-0.39, 0.29) is 5.54 Å². The molecule has 1 saturated heterocycles. The molecule has 0 saturated carbocycles. The van der Waals surface area contributed by atoms with Crippen molar-refractivity contribution in [1.29, 1.82) is 0 Å². The average molecular weight is 234 g/mol. The first-order valence-corrected chi connectivity index (χ1v) is 6.33. The Hall–Kier alpha value is -1.06. The van der Waals surface area contributed by atoms with Gasteiger partial charge in [0.25, 0.3) is 0 Å². The number of nitrogens with zero attached hydrogens (tertiary/aromatic N) is 1. The van der Waals surface area contributed by atoms with Crippen molar-refractivity contribution in [2.24, 2.45) is 5.73 Å². The van der Waals surface area contributed by atoms with Crippen LogP contribution in [0.15, 0.2) is 30.3 Å². The van der Waals surface area contributed by atoms with Gasteiger partial charge in [-0.2, -0.15) is 0 Å². The van der Waals surface area contributed by atoms with Gasteiger partial charge < -0.3 is 15.4 Å². The van der Waals surface area contributed by atoms with Gasteiger partial charge in [0.05, 0.1) is 6.61 Å². The molecule has 0 aliphatic carbocycles. The SMILES string of the molecule is CN1CCC(N)(CCOc2ccccc2)CC1. The third-order valence-corrected chi connectivity index (χ3v) is 3.59. The van der Waals surface area contributed by atoms with Crippen LogP contribution in [0.2, 0.25) is 0 Å². The van der Waals surface area contributed by atoms with E-state index in [1.165, 1.54) is 0 Å². The van der Waals surface area contributed by atoms with Gasteiger partial charge in [-0.3, -0.25) is 0 Å². The molecule has 3 nitrogen and oxygen atoms in total. The van der Waals surface area contributed by atoms with Gasteiger partial charge in [0.15, 0.2) is 0 Å². The van der Waals surface area contributed by atoms with Crippen molar-refractivity contribution in [3.63, 3.8) is 0 Å². The molecule has 0 atom stereocenters. The monoisotopic (exact) mass is 234 g/mol. The second-order valence-corrected chi connectivity index (χ2v) is 5.08. The average Bonchev–Trinajstić information content (AvgIpc) is 2.35. The Labute approximate surface area is 104 Å². The van der Waals surface area contributed by atoms with Crippen molar-refractivity contribution >= 4 is 0 Å². The van der Waals surface area contributed by atoms with Crippen LogP contribution in [0, 0.1) is 0 Å².